The van der Waals surface area contributed by atoms with Crippen molar-refractivity contribution in [2.45, 2.75) is 26.7 Å². The molecule has 1 aliphatic heterocycles. The highest BCUT2D eigenvalue weighted by Crippen LogP contribution is 2.20. The van der Waals surface area contributed by atoms with E-state index in [1.165, 1.54) is 13.3 Å². The number of carbonyl (C=O) groups is 2. The van der Waals surface area contributed by atoms with Crippen molar-refractivity contribution in [2.75, 3.05) is 23.7 Å². The number of nitrogens with zero attached hydrogens (tertiary/aromatic N) is 3. The van der Waals surface area contributed by atoms with Crippen LogP contribution in [-0.2, 0) is 4.79 Å². The summed E-state index contributed by atoms with van der Waals surface area (Å²) < 4.78 is 0. The lowest BCUT2D eigenvalue weighted by atomic mass is 9.99. The van der Waals surface area contributed by atoms with Gasteiger partial charge in [0.05, 0.1) is 0 Å². The Bertz CT molecular complexity index is 783. The van der Waals surface area contributed by atoms with Gasteiger partial charge in [0.1, 0.15) is 17.8 Å². The maximum Gasteiger partial charge on any atom is 0.272 e. The van der Waals surface area contributed by atoms with Crippen LogP contribution < -0.4 is 10.6 Å². The number of aromatic nitrogens is 2. The van der Waals surface area contributed by atoms with Gasteiger partial charge in [0.2, 0.25) is 5.91 Å². The van der Waals surface area contributed by atoms with E-state index in [1.807, 2.05) is 17.0 Å². The molecular formula is C19H23N5O2. The number of hydrogen-bond acceptors (Lipinski definition) is 5. The molecule has 0 bridgehead atoms. The molecule has 1 aromatic carbocycles. The van der Waals surface area contributed by atoms with E-state index >= 15 is 0 Å². The lowest BCUT2D eigenvalue weighted by Crippen LogP contribution is -2.38. The Morgan fingerprint density at radius 3 is 2.38 bits per heavy atom. The predicted octanol–water partition coefficient (Wildman–Crippen LogP) is 3.05. The van der Waals surface area contributed by atoms with Gasteiger partial charge < -0.3 is 15.5 Å². The zero-order valence-corrected chi connectivity index (χ0v) is 15.0. The van der Waals surface area contributed by atoms with Crippen molar-refractivity contribution in [2.24, 2.45) is 5.92 Å². The zero-order chi connectivity index (χ0) is 18.5. The van der Waals surface area contributed by atoms with Crippen molar-refractivity contribution >= 4 is 29.0 Å². The molecule has 1 saturated heterocycles. The molecule has 2 aromatic rings. The average molecular weight is 353 g/mol. The van der Waals surface area contributed by atoms with Gasteiger partial charge in [0.25, 0.3) is 5.91 Å². The number of hydrogen-bond donors (Lipinski definition) is 2. The topological polar surface area (TPSA) is 87.2 Å². The fourth-order valence-corrected chi connectivity index (χ4v) is 2.90. The van der Waals surface area contributed by atoms with Crippen LogP contribution in [0, 0.1) is 5.92 Å². The van der Waals surface area contributed by atoms with Crippen molar-refractivity contribution < 1.29 is 9.59 Å². The van der Waals surface area contributed by atoms with E-state index in [0.29, 0.717) is 17.4 Å². The summed E-state index contributed by atoms with van der Waals surface area (Å²) in [6.45, 7) is 5.23. The van der Waals surface area contributed by atoms with Crippen molar-refractivity contribution in [1.29, 1.82) is 0 Å². The molecule has 2 heterocycles. The molecule has 1 fully saturated rings. The second kappa shape index (κ2) is 7.95. The Morgan fingerprint density at radius 1 is 1.08 bits per heavy atom. The maximum absolute atomic E-state index is 12.6. The molecule has 2 amide bonds. The molecule has 0 unspecified atom stereocenters. The van der Waals surface area contributed by atoms with Gasteiger partial charge in [0, 0.05) is 37.5 Å². The Hall–Kier alpha value is -2.96. The van der Waals surface area contributed by atoms with Gasteiger partial charge in [-0.05, 0) is 43.0 Å². The third-order valence-electron chi connectivity index (χ3n) is 4.43. The smallest absolute Gasteiger partial charge is 0.272 e. The van der Waals surface area contributed by atoms with E-state index in [9.17, 15) is 9.59 Å². The van der Waals surface area contributed by atoms with Crippen LogP contribution >= 0.6 is 0 Å². The molecule has 7 nitrogen and oxygen atoms in total. The van der Waals surface area contributed by atoms with E-state index in [1.54, 1.807) is 18.2 Å². The number of nitrogens with one attached hydrogen (secondary N) is 2. The van der Waals surface area contributed by atoms with Gasteiger partial charge in [0.15, 0.2) is 0 Å². The Kier molecular flexibility index (Phi) is 5.46. The number of amides is 2. The number of carbonyl (C=O) groups excluding carboxylic acids is 2. The molecule has 2 N–H and O–H groups in total. The van der Waals surface area contributed by atoms with Crippen LogP contribution in [0.4, 0.5) is 17.2 Å². The summed E-state index contributed by atoms with van der Waals surface area (Å²) in [5.41, 5.74) is 1.93. The fraction of sp³-hybridized carbons (Fsp3) is 0.368. The standard InChI is InChI=1S/C19H23N5O2/c1-13-7-9-24(10-8-13)19(26)17-11-18(21-12-20-17)23-16-5-3-15(4-6-16)22-14(2)25/h3-6,11-13H,7-10H2,1-2H3,(H,22,25)(H,20,21,23). The lowest BCUT2D eigenvalue weighted by Gasteiger charge is -2.30. The number of rotatable bonds is 4. The number of benzene rings is 1. The third-order valence-corrected chi connectivity index (χ3v) is 4.43. The zero-order valence-electron chi connectivity index (χ0n) is 15.0. The molecule has 0 spiro atoms. The highest BCUT2D eigenvalue weighted by molar-refractivity contribution is 5.93. The molecule has 26 heavy (non-hydrogen) atoms. The monoisotopic (exact) mass is 353 g/mol. The number of piperidine rings is 1. The van der Waals surface area contributed by atoms with Gasteiger partial charge in [-0.15, -0.1) is 0 Å². The molecular weight excluding hydrogens is 330 g/mol. The van der Waals surface area contributed by atoms with Gasteiger partial charge >= 0.3 is 0 Å². The quantitative estimate of drug-likeness (QED) is 0.882. The Morgan fingerprint density at radius 2 is 1.73 bits per heavy atom. The molecule has 3 rings (SSSR count). The summed E-state index contributed by atoms with van der Waals surface area (Å²) in [6.07, 6.45) is 3.46. The van der Waals surface area contributed by atoms with Crippen LogP contribution in [0.15, 0.2) is 36.7 Å². The first kappa shape index (κ1) is 17.8. The SMILES string of the molecule is CC(=O)Nc1ccc(Nc2cc(C(=O)N3CCC(C)CC3)ncn2)cc1. The van der Waals surface area contributed by atoms with Gasteiger partial charge in [-0.2, -0.15) is 0 Å². The van der Waals surface area contributed by atoms with Gasteiger partial charge in [-0.25, -0.2) is 9.97 Å². The molecule has 0 saturated carbocycles. The highest BCUT2D eigenvalue weighted by atomic mass is 16.2. The van der Waals surface area contributed by atoms with Crippen molar-refractivity contribution in [3.8, 4) is 0 Å². The molecule has 1 aliphatic rings. The summed E-state index contributed by atoms with van der Waals surface area (Å²) in [4.78, 5) is 33.9. The van der Waals surface area contributed by atoms with E-state index in [2.05, 4.69) is 27.5 Å². The van der Waals surface area contributed by atoms with Crippen molar-refractivity contribution in [1.82, 2.24) is 14.9 Å². The summed E-state index contributed by atoms with van der Waals surface area (Å²) in [7, 11) is 0. The van der Waals surface area contributed by atoms with Crippen LogP contribution in [0.25, 0.3) is 0 Å². The van der Waals surface area contributed by atoms with E-state index in [4.69, 9.17) is 0 Å². The largest absolute Gasteiger partial charge is 0.340 e. The maximum atomic E-state index is 12.6. The highest BCUT2D eigenvalue weighted by Gasteiger charge is 2.22. The minimum absolute atomic E-state index is 0.0524. The number of likely N-dealkylation sites (tertiary alicyclic amines) is 1. The molecule has 136 valence electrons. The molecule has 0 radical (unpaired) electrons. The summed E-state index contributed by atoms with van der Waals surface area (Å²) in [5.74, 6) is 1.06. The minimum atomic E-state index is -0.114. The molecule has 1 aromatic heterocycles. The normalized spacial score (nSPS) is 14.8. The van der Waals surface area contributed by atoms with Crippen molar-refractivity contribution in [3.05, 3.63) is 42.4 Å². The second-order valence-electron chi connectivity index (χ2n) is 6.65. The first-order chi connectivity index (χ1) is 12.5. The van der Waals surface area contributed by atoms with Gasteiger partial charge in [-0.1, -0.05) is 6.92 Å². The van der Waals surface area contributed by atoms with E-state index in [-0.39, 0.29) is 11.8 Å². The van der Waals surface area contributed by atoms with Crippen LogP contribution in [0.1, 0.15) is 37.2 Å². The molecule has 0 aliphatic carbocycles. The predicted molar refractivity (Wildman–Crippen MR) is 100 cm³/mol. The number of anilines is 3. The summed E-state index contributed by atoms with van der Waals surface area (Å²) >= 11 is 0. The molecule has 0 atom stereocenters. The Balaban J connectivity index is 1.67. The first-order valence-corrected chi connectivity index (χ1v) is 8.77. The second-order valence-corrected chi connectivity index (χ2v) is 6.65. The van der Waals surface area contributed by atoms with Gasteiger partial charge in [-0.3, -0.25) is 9.59 Å². The van der Waals surface area contributed by atoms with Crippen LogP contribution in [0.2, 0.25) is 0 Å². The van der Waals surface area contributed by atoms with E-state index < -0.39 is 0 Å². The van der Waals surface area contributed by atoms with Crippen LogP contribution in [-0.4, -0.2) is 39.8 Å². The first-order valence-electron chi connectivity index (χ1n) is 8.77. The summed E-state index contributed by atoms with van der Waals surface area (Å²) in [6, 6.07) is 8.93. The fourth-order valence-electron chi connectivity index (χ4n) is 2.90. The summed E-state index contributed by atoms with van der Waals surface area (Å²) in [5, 5.41) is 5.87. The Labute approximate surface area is 152 Å². The third kappa shape index (κ3) is 4.56. The van der Waals surface area contributed by atoms with Crippen LogP contribution in [0.3, 0.4) is 0 Å². The molecule has 7 heteroatoms. The minimum Gasteiger partial charge on any atom is -0.340 e. The van der Waals surface area contributed by atoms with Crippen LogP contribution in [0.5, 0.6) is 0 Å². The average Bonchev–Trinajstić information content (AvgIpc) is 2.63. The van der Waals surface area contributed by atoms with E-state index in [0.717, 1.165) is 37.3 Å². The lowest BCUT2D eigenvalue weighted by molar-refractivity contribution is -0.114. The van der Waals surface area contributed by atoms with Crippen molar-refractivity contribution in [3.63, 3.8) is 0 Å².